The Kier molecular flexibility index (Phi) is 6.55. The first-order valence-corrected chi connectivity index (χ1v) is 12.0. The number of carbonyl (C=O) groups is 1. The quantitative estimate of drug-likeness (QED) is 0.315. The second kappa shape index (κ2) is 10.1. The molecule has 0 saturated carbocycles. The highest BCUT2D eigenvalue weighted by molar-refractivity contribution is 8.18. The Balaban J connectivity index is 1.46. The molecule has 6 heteroatoms. The maximum atomic E-state index is 12.8. The molecule has 35 heavy (non-hydrogen) atoms. The maximum Gasteiger partial charge on any atom is 0.264 e. The van der Waals surface area contributed by atoms with Gasteiger partial charge in [0.1, 0.15) is 18.1 Å². The minimum atomic E-state index is -0.181. The van der Waals surface area contributed by atoms with Crippen molar-refractivity contribution < 1.29 is 14.3 Å². The first-order chi connectivity index (χ1) is 17.1. The summed E-state index contributed by atoms with van der Waals surface area (Å²) in [5.74, 6) is 1.30. The van der Waals surface area contributed by atoms with E-state index < -0.39 is 0 Å². The smallest absolute Gasteiger partial charge is 0.264 e. The van der Waals surface area contributed by atoms with Crippen LogP contribution in [0.2, 0.25) is 0 Å². The summed E-state index contributed by atoms with van der Waals surface area (Å²) in [6.07, 6.45) is 1.89. The number of fused-ring (bicyclic) bond motifs is 1. The molecule has 1 saturated heterocycles. The molecular formula is C29H24N2O3S. The largest absolute Gasteiger partial charge is 0.497 e. The second-order valence-corrected chi connectivity index (χ2v) is 9.18. The molecule has 1 aliphatic heterocycles. The molecule has 1 amide bonds. The number of amidine groups is 1. The average molecular weight is 481 g/mol. The van der Waals surface area contributed by atoms with Gasteiger partial charge >= 0.3 is 0 Å². The van der Waals surface area contributed by atoms with E-state index in [4.69, 9.17) is 9.47 Å². The first kappa shape index (κ1) is 22.7. The lowest BCUT2D eigenvalue weighted by Crippen LogP contribution is -2.19. The van der Waals surface area contributed by atoms with E-state index in [1.54, 1.807) is 7.11 Å². The van der Waals surface area contributed by atoms with Gasteiger partial charge in [-0.25, -0.2) is 4.99 Å². The molecule has 1 heterocycles. The highest BCUT2D eigenvalue weighted by Crippen LogP contribution is 2.35. The summed E-state index contributed by atoms with van der Waals surface area (Å²) in [5.41, 5.74) is 3.91. The molecule has 5 nitrogen and oxygen atoms in total. The van der Waals surface area contributed by atoms with Gasteiger partial charge in [-0.2, -0.15) is 0 Å². The molecule has 1 aliphatic rings. The van der Waals surface area contributed by atoms with Gasteiger partial charge in [0.15, 0.2) is 5.17 Å². The second-order valence-electron chi connectivity index (χ2n) is 8.15. The number of ether oxygens (including phenoxy) is 2. The molecule has 0 radical (unpaired) electrons. The summed E-state index contributed by atoms with van der Waals surface area (Å²) in [6, 6.07) is 27.8. The number of carbonyl (C=O) groups excluding carboxylic acids is 1. The predicted octanol–water partition coefficient (Wildman–Crippen LogP) is 6.63. The number of rotatable bonds is 6. The number of amides is 1. The van der Waals surface area contributed by atoms with Crippen LogP contribution in [0.4, 0.5) is 5.69 Å². The topological polar surface area (TPSA) is 59.9 Å². The van der Waals surface area contributed by atoms with Crippen LogP contribution in [0.1, 0.15) is 16.7 Å². The van der Waals surface area contributed by atoms with E-state index >= 15 is 0 Å². The predicted molar refractivity (Wildman–Crippen MR) is 143 cm³/mol. The third-order valence-corrected chi connectivity index (χ3v) is 6.58. The van der Waals surface area contributed by atoms with Crippen molar-refractivity contribution in [3.05, 3.63) is 107 Å². The van der Waals surface area contributed by atoms with E-state index in [0.29, 0.717) is 16.7 Å². The molecule has 0 atom stereocenters. The van der Waals surface area contributed by atoms with Crippen molar-refractivity contribution in [1.82, 2.24) is 5.32 Å². The third-order valence-electron chi connectivity index (χ3n) is 5.68. The van der Waals surface area contributed by atoms with Gasteiger partial charge in [-0.05, 0) is 71.4 Å². The zero-order valence-corrected chi connectivity index (χ0v) is 20.3. The van der Waals surface area contributed by atoms with Crippen molar-refractivity contribution in [3.8, 4) is 11.5 Å². The summed E-state index contributed by atoms with van der Waals surface area (Å²) in [4.78, 5) is 17.9. The van der Waals surface area contributed by atoms with E-state index in [9.17, 15) is 4.79 Å². The molecule has 4 aromatic rings. The van der Waals surface area contributed by atoms with Crippen LogP contribution in [0.25, 0.3) is 16.8 Å². The molecule has 4 aromatic carbocycles. The van der Waals surface area contributed by atoms with Crippen LogP contribution < -0.4 is 14.8 Å². The highest BCUT2D eigenvalue weighted by Gasteiger charge is 2.25. The lowest BCUT2D eigenvalue weighted by molar-refractivity contribution is -0.115. The van der Waals surface area contributed by atoms with Gasteiger partial charge in [0, 0.05) is 5.56 Å². The minimum Gasteiger partial charge on any atom is -0.497 e. The van der Waals surface area contributed by atoms with Gasteiger partial charge in [0.25, 0.3) is 5.91 Å². The molecule has 0 spiro atoms. The van der Waals surface area contributed by atoms with Crippen LogP contribution in [-0.2, 0) is 11.4 Å². The van der Waals surface area contributed by atoms with Crippen LogP contribution in [0.3, 0.4) is 0 Å². The molecular weight excluding hydrogens is 456 g/mol. The molecule has 0 aromatic heterocycles. The number of hydrogen-bond donors (Lipinski definition) is 1. The fourth-order valence-corrected chi connectivity index (χ4v) is 4.60. The van der Waals surface area contributed by atoms with Gasteiger partial charge in [-0.15, -0.1) is 0 Å². The fraction of sp³-hybridized carbons (Fsp3) is 0.103. The van der Waals surface area contributed by atoms with E-state index in [0.717, 1.165) is 39.1 Å². The normalized spacial score (nSPS) is 15.5. The number of aryl methyl sites for hydroxylation is 1. The lowest BCUT2D eigenvalue weighted by Gasteiger charge is -2.13. The fourth-order valence-electron chi connectivity index (χ4n) is 3.78. The van der Waals surface area contributed by atoms with E-state index in [1.807, 2.05) is 60.7 Å². The highest BCUT2D eigenvalue weighted by atomic mass is 32.2. The Bertz CT molecular complexity index is 1440. The van der Waals surface area contributed by atoms with E-state index in [1.165, 1.54) is 17.3 Å². The summed E-state index contributed by atoms with van der Waals surface area (Å²) in [5, 5.41) is 5.51. The SMILES string of the molecule is COc1ccc(N=C2NC(=O)/C(=C\c3c(OCc4ccc(C)cc4)ccc4ccccc34)S2)cc1. The molecule has 0 aliphatic carbocycles. The summed E-state index contributed by atoms with van der Waals surface area (Å²) in [7, 11) is 1.62. The maximum absolute atomic E-state index is 12.8. The Labute approximate surface area is 208 Å². The Hall–Kier alpha value is -4.03. The molecule has 5 rings (SSSR count). The summed E-state index contributed by atoms with van der Waals surface area (Å²) < 4.78 is 11.4. The van der Waals surface area contributed by atoms with Crippen LogP contribution in [0.5, 0.6) is 11.5 Å². The number of hydrogen-bond acceptors (Lipinski definition) is 5. The zero-order valence-electron chi connectivity index (χ0n) is 19.4. The van der Waals surface area contributed by atoms with Crippen molar-refractivity contribution in [2.24, 2.45) is 4.99 Å². The monoisotopic (exact) mass is 480 g/mol. The number of aliphatic imine (C=N–C) groups is 1. The number of benzene rings is 4. The molecule has 0 bridgehead atoms. The number of nitrogens with zero attached hydrogens (tertiary/aromatic N) is 1. The molecule has 0 unspecified atom stereocenters. The van der Waals surface area contributed by atoms with E-state index in [2.05, 4.69) is 47.6 Å². The van der Waals surface area contributed by atoms with Gasteiger partial charge in [0.05, 0.1) is 17.7 Å². The van der Waals surface area contributed by atoms with Gasteiger partial charge in [-0.1, -0.05) is 60.2 Å². The Morgan fingerprint density at radius 3 is 2.49 bits per heavy atom. The average Bonchev–Trinajstić information content (AvgIpc) is 3.23. The Morgan fingerprint density at radius 2 is 1.71 bits per heavy atom. The van der Waals surface area contributed by atoms with Crippen LogP contribution in [-0.4, -0.2) is 18.2 Å². The Morgan fingerprint density at radius 1 is 0.943 bits per heavy atom. The van der Waals surface area contributed by atoms with Crippen LogP contribution in [0.15, 0.2) is 94.8 Å². The van der Waals surface area contributed by atoms with Crippen LogP contribution in [0, 0.1) is 6.92 Å². The van der Waals surface area contributed by atoms with Crippen molar-refractivity contribution >= 4 is 45.4 Å². The number of methoxy groups -OCH3 is 1. The van der Waals surface area contributed by atoms with Crippen molar-refractivity contribution in [2.45, 2.75) is 13.5 Å². The summed E-state index contributed by atoms with van der Waals surface area (Å²) >= 11 is 1.32. The van der Waals surface area contributed by atoms with Gasteiger partial charge in [-0.3, -0.25) is 4.79 Å². The molecule has 174 valence electrons. The van der Waals surface area contributed by atoms with Crippen molar-refractivity contribution in [3.63, 3.8) is 0 Å². The standard InChI is InChI=1S/C29H24N2O3S/c1-19-7-9-20(10-8-19)18-34-26-16-11-21-5-3-4-6-24(21)25(26)17-27-28(32)31-29(35-27)30-22-12-14-23(33-2)15-13-22/h3-17H,18H2,1-2H3,(H,30,31,32)/b27-17+. The first-order valence-electron chi connectivity index (χ1n) is 11.2. The number of nitrogens with one attached hydrogen (secondary N) is 1. The molecule has 1 N–H and O–H groups in total. The minimum absolute atomic E-state index is 0.181. The van der Waals surface area contributed by atoms with E-state index in [-0.39, 0.29) is 5.91 Å². The zero-order chi connectivity index (χ0) is 24.2. The van der Waals surface area contributed by atoms with Crippen molar-refractivity contribution in [1.29, 1.82) is 0 Å². The summed E-state index contributed by atoms with van der Waals surface area (Å²) in [6.45, 7) is 2.51. The molecule has 1 fully saturated rings. The lowest BCUT2D eigenvalue weighted by atomic mass is 10.0. The van der Waals surface area contributed by atoms with Gasteiger partial charge < -0.3 is 14.8 Å². The van der Waals surface area contributed by atoms with Crippen molar-refractivity contribution in [2.75, 3.05) is 7.11 Å². The number of thioether (sulfide) groups is 1. The van der Waals surface area contributed by atoms with Gasteiger partial charge in [0.2, 0.25) is 0 Å². The van der Waals surface area contributed by atoms with Crippen LogP contribution >= 0.6 is 11.8 Å². The third kappa shape index (κ3) is 5.23.